The monoisotopic (exact) mass is 354 g/mol. The van der Waals surface area contributed by atoms with E-state index < -0.39 is 0 Å². The Labute approximate surface area is 132 Å². The van der Waals surface area contributed by atoms with Crippen LogP contribution in [0.25, 0.3) is 0 Å². The Morgan fingerprint density at radius 1 is 1.30 bits per heavy atom. The first-order valence-electron chi connectivity index (χ1n) is 6.38. The number of hydrogen-bond donors (Lipinski definition) is 1. The Bertz CT molecular complexity index is 578. The van der Waals surface area contributed by atoms with Crippen LogP contribution in [0.5, 0.6) is 5.75 Å². The van der Waals surface area contributed by atoms with Crippen molar-refractivity contribution in [2.24, 2.45) is 0 Å². The van der Waals surface area contributed by atoms with Gasteiger partial charge in [-0.15, -0.1) is 11.6 Å². The molecule has 0 aliphatic heterocycles. The van der Waals surface area contributed by atoms with E-state index in [0.717, 1.165) is 27.0 Å². The first-order chi connectivity index (χ1) is 9.72. The third-order valence-electron chi connectivity index (χ3n) is 2.76. The fourth-order valence-corrected chi connectivity index (χ4v) is 2.47. The zero-order valence-corrected chi connectivity index (χ0v) is 13.5. The highest BCUT2D eigenvalue weighted by atomic mass is 79.9. The summed E-state index contributed by atoms with van der Waals surface area (Å²) in [7, 11) is 0. The van der Waals surface area contributed by atoms with Gasteiger partial charge in [0.15, 0.2) is 0 Å². The zero-order valence-electron chi connectivity index (χ0n) is 11.2. The van der Waals surface area contributed by atoms with Crippen LogP contribution in [-0.2, 0) is 12.4 Å². The molecule has 1 N–H and O–H groups in total. The average Bonchev–Trinajstić information content (AvgIpc) is 2.46. The number of halogens is 2. The van der Waals surface area contributed by atoms with E-state index >= 15 is 0 Å². The topological polar surface area (TPSA) is 34.1 Å². The molecular formula is C15H16BrClN2O. The highest BCUT2D eigenvalue weighted by Crippen LogP contribution is 2.25. The van der Waals surface area contributed by atoms with Gasteiger partial charge in [0.05, 0.1) is 12.5 Å². The van der Waals surface area contributed by atoms with E-state index in [4.69, 9.17) is 16.3 Å². The van der Waals surface area contributed by atoms with Crippen molar-refractivity contribution in [2.75, 3.05) is 11.9 Å². The van der Waals surface area contributed by atoms with Crippen molar-refractivity contribution < 1.29 is 4.74 Å². The average molecular weight is 356 g/mol. The smallest absolute Gasteiger partial charge is 0.123 e. The Morgan fingerprint density at radius 2 is 2.15 bits per heavy atom. The first-order valence-corrected chi connectivity index (χ1v) is 7.70. The van der Waals surface area contributed by atoms with Gasteiger partial charge in [0.1, 0.15) is 5.75 Å². The summed E-state index contributed by atoms with van der Waals surface area (Å²) in [5.41, 5.74) is 3.12. The number of ether oxygens (including phenoxy) is 1. The van der Waals surface area contributed by atoms with Crippen molar-refractivity contribution in [3.05, 3.63) is 52.3 Å². The maximum absolute atomic E-state index is 5.95. The molecule has 1 heterocycles. The molecule has 0 unspecified atom stereocenters. The second-order valence-corrected chi connectivity index (χ2v) is 5.44. The predicted octanol–water partition coefficient (Wildman–Crippen LogP) is 4.59. The molecule has 0 bridgehead atoms. The van der Waals surface area contributed by atoms with Gasteiger partial charge in [0, 0.05) is 34.7 Å². The van der Waals surface area contributed by atoms with Gasteiger partial charge in [-0.05, 0) is 52.7 Å². The maximum atomic E-state index is 5.95. The first kappa shape index (κ1) is 15.1. The highest BCUT2D eigenvalue weighted by molar-refractivity contribution is 9.10. The van der Waals surface area contributed by atoms with Crippen molar-refractivity contribution in [1.82, 2.24) is 4.98 Å². The normalized spacial score (nSPS) is 10.3. The zero-order chi connectivity index (χ0) is 14.4. The number of rotatable bonds is 6. The Balaban J connectivity index is 2.06. The Morgan fingerprint density at radius 3 is 2.85 bits per heavy atom. The maximum Gasteiger partial charge on any atom is 0.123 e. The molecule has 2 rings (SSSR count). The van der Waals surface area contributed by atoms with E-state index in [1.54, 1.807) is 6.20 Å². The second-order valence-electron chi connectivity index (χ2n) is 4.25. The van der Waals surface area contributed by atoms with Crippen molar-refractivity contribution in [3.8, 4) is 5.75 Å². The fourth-order valence-electron chi connectivity index (χ4n) is 1.85. The van der Waals surface area contributed by atoms with Crippen LogP contribution >= 0.6 is 27.5 Å². The molecule has 5 heteroatoms. The number of nitrogens with zero attached hydrogens (tertiary/aromatic N) is 1. The summed E-state index contributed by atoms with van der Waals surface area (Å²) in [6, 6.07) is 8.00. The molecule has 0 saturated carbocycles. The van der Waals surface area contributed by atoms with E-state index in [2.05, 4.69) is 26.2 Å². The number of pyridine rings is 1. The molecule has 0 aliphatic carbocycles. The molecule has 1 aromatic carbocycles. The molecular weight excluding hydrogens is 340 g/mol. The predicted molar refractivity (Wildman–Crippen MR) is 86.4 cm³/mol. The lowest BCUT2D eigenvalue weighted by atomic mass is 10.2. The summed E-state index contributed by atoms with van der Waals surface area (Å²) in [6.07, 6.45) is 3.61. The number of anilines is 1. The molecule has 20 heavy (non-hydrogen) atoms. The Kier molecular flexibility index (Phi) is 5.68. The number of benzene rings is 1. The third-order valence-corrected chi connectivity index (χ3v) is 3.48. The van der Waals surface area contributed by atoms with Gasteiger partial charge in [-0.25, -0.2) is 0 Å². The quantitative estimate of drug-likeness (QED) is 0.769. The minimum atomic E-state index is 0.434. The standard InChI is InChI=1S/C15H16BrClN2O/c1-2-20-15-4-3-14(6-12(15)7-17)19-9-11-5-13(16)10-18-8-11/h3-6,8,10,19H,2,7,9H2,1H3. The number of alkyl halides is 1. The van der Waals surface area contributed by atoms with Crippen LogP contribution in [0.4, 0.5) is 5.69 Å². The summed E-state index contributed by atoms with van der Waals surface area (Å²) in [4.78, 5) is 4.14. The fraction of sp³-hybridized carbons (Fsp3) is 0.267. The van der Waals surface area contributed by atoms with Crippen molar-refractivity contribution in [1.29, 1.82) is 0 Å². The Hall–Kier alpha value is -1.26. The molecule has 106 valence electrons. The molecule has 0 spiro atoms. The summed E-state index contributed by atoms with van der Waals surface area (Å²) in [5, 5.41) is 3.36. The van der Waals surface area contributed by atoms with Crippen molar-refractivity contribution in [2.45, 2.75) is 19.3 Å². The summed E-state index contributed by atoms with van der Waals surface area (Å²) in [5.74, 6) is 1.28. The van der Waals surface area contributed by atoms with E-state index in [0.29, 0.717) is 19.0 Å². The van der Waals surface area contributed by atoms with Crippen LogP contribution in [-0.4, -0.2) is 11.6 Å². The minimum absolute atomic E-state index is 0.434. The highest BCUT2D eigenvalue weighted by Gasteiger charge is 2.04. The van der Waals surface area contributed by atoms with Crippen LogP contribution in [0.15, 0.2) is 41.1 Å². The van der Waals surface area contributed by atoms with Gasteiger partial charge in [-0.2, -0.15) is 0 Å². The van der Waals surface area contributed by atoms with Gasteiger partial charge >= 0.3 is 0 Å². The molecule has 3 nitrogen and oxygen atoms in total. The second kappa shape index (κ2) is 7.50. The lowest BCUT2D eigenvalue weighted by molar-refractivity contribution is 0.337. The lowest BCUT2D eigenvalue weighted by Gasteiger charge is -2.12. The molecule has 0 amide bonds. The summed E-state index contributed by atoms with van der Waals surface area (Å²) < 4.78 is 6.51. The minimum Gasteiger partial charge on any atom is -0.494 e. The van der Waals surface area contributed by atoms with Gasteiger partial charge in [0.2, 0.25) is 0 Å². The largest absolute Gasteiger partial charge is 0.494 e. The van der Waals surface area contributed by atoms with Crippen LogP contribution in [0.2, 0.25) is 0 Å². The number of aromatic nitrogens is 1. The lowest BCUT2D eigenvalue weighted by Crippen LogP contribution is -2.01. The van der Waals surface area contributed by atoms with Gasteiger partial charge in [0.25, 0.3) is 0 Å². The van der Waals surface area contributed by atoms with Crippen LogP contribution in [0.1, 0.15) is 18.1 Å². The van der Waals surface area contributed by atoms with Crippen LogP contribution < -0.4 is 10.1 Å². The van der Waals surface area contributed by atoms with Gasteiger partial charge in [-0.1, -0.05) is 0 Å². The SMILES string of the molecule is CCOc1ccc(NCc2cncc(Br)c2)cc1CCl. The molecule has 0 aliphatic rings. The molecule has 0 saturated heterocycles. The van der Waals surface area contributed by atoms with Crippen LogP contribution in [0, 0.1) is 0 Å². The summed E-state index contributed by atoms with van der Waals surface area (Å²) >= 11 is 9.37. The van der Waals surface area contributed by atoms with Crippen LogP contribution in [0.3, 0.4) is 0 Å². The van der Waals surface area contributed by atoms with Gasteiger partial charge < -0.3 is 10.1 Å². The molecule has 0 fully saturated rings. The number of nitrogens with one attached hydrogen (secondary N) is 1. The van der Waals surface area contributed by atoms with Gasteiger partial charge in [-0.3, -0.25) is 4.98 Å². The molecule has 0 radical (unpaired) electrons. The third kappa shape index (κ3) is 4.12. The van der Waals surface area contributed by atoms with Crippen molar-refractivity contribution in [3.63, 3.8) is 0 Å². The molecule has 1 aromatic heterocycles. The summed E-state index contributed by atoms with van der Waals surface area (Å²) in [6.45, 7) is 3.31. The molecule has 2 aromatic rings. The van der Waals surface area contributed by atoms with E-state index in [9.17, 15) is 0 Å². The van der Waals surface area contributed by atoms with E-state index in [1.165, 1.54) is 0 Å². The van der Waals surface area contributed by atoms with E-state index in [1.807, 2.05) is 37.4 Å². The molecule has 0 atom stereocenters. The van der Waals surface area contributed by atoms with Crippen molar-refractivity contribution >= 4 is 33.2 Å². The number of hydrogen-bond acceptors (Lipinski definition) is 3. The van der Waals surface area contributed by atoms with E-state index in [-0.39, 0.29) is 0 Å².